The highest BCUT2D eigenvalue weighted by atomic mass is 32.2. The number of fused-ring (bicyclic) bond motifs is 1. The van der Waals surface area contributed by atoms with Crippen LogP contribution in [0, 0.1) is 0 Å². The van der Waals surface area contributed by atoms with Gasteiger partial charge in [0.2, 0.25) is 5.91 Å². The van der Waals surface area contributed by atoms with Crippen LogP contribution in [0.4, 0.5) is 4.79 Å². The zero-order valence-corrected chi connectivity index (χ0v) is 11.0. The second kappa shape index (κ2) is 5.32. The molecule has 2 aromatic rings. The van der Waals surface area contributed by atoms with Crippen LogP contribution in [0.15, 0.2) is 22.8 Å². The van der Waals surface area contributed by atoms with Gasteiger partial charge < -0.3 is 5.73 Å². The number of amides is 3. The van der Waals surface area contributed by atoms with Crippen LogP contribution in [0.5, 0.6) is 0 Å². The molecule has 0 aromatic carbocycles. The summed E-state index contributed by atoms with van der Waals surface area (Å²) in [5, 5.41) is 5.12. The Morgan fingerprint density at radius 1 is 1.50 bits per heavy atom. The number of thiophene rings is 1. The lowest BCUT2D eigenvalue weighted by Crippen LogP contribution is -2.39. The molecule has 3 amide bonds. The molecule has 0 fully saturated rings. The van der Waals surface area contributed by atoms with Crippen molar-refractivity contribution in [3.63, 3.8) is 0 Å². The number of thioether (sulfide) groups is 1. The van der Waals surface area contributed by atoms with E-state index in [4.69, 9.17) is 5.73 Å². The minimum Gasteiger partial charge on any atom is -0.351 e. The quantitative estimate of drug-likeness (QED) is 0.654. The maximum Gasteiger partial charge on any atom is 0.318 e. The first-order valence-corrected chi connectivity index (χ1v) is 6.79. The van der Waals surface area contributed by atoms with E-state index in [1.54, 1.807) is 6.92 Å². The minimum absolute atomic E-state index is 0.436. The van der Waals surface area contributed by atoms with Gasteiger partial charge >= 0.3 is 6.03 Å². The number of urea groups is 1. The molecule has 3 N–H and O–H groups in total. The van der Waals surface area contributed by atoms with Crippen LogP contribution in [0.1, 0.15) is 6.92 Å². The van der Waals surface area contributed by atoms with Gasteiger partial charge in [-0.1, -0.05) is 11.8 Å². The Kier molecular flexibility index (Phi) is 3.78. The summed E-state index contributed by atoms with van der Waals surface area (Å²) < 4.78 is 0. The van der Waals surface area contributed by atoms with E-state index in [1.807, 2.05) is 16.8 Å². The number of nitrogens with one attached hydrogen (secondary N) is 1. The number of nitrogens with zero attached hydrogens (tertiary/aromatic N) is 2. The zero-order valence-electron chi connectivity index (χ0n) is 9.41. The predicted molar refractivity (Wildman–Crippen MR) is 70.5 cm³/mol. The summed E-state index contributed by atoms with van der Waals surface area (Å²) in [6, 6.07) is 1.05. The highest BCUT2D eigenvalue weighted by molar-refractivity contribution is 8.00. The maximum absolute atomic E-state index is 11.6. The van der Waals surface area contributed by atoms with Gasteiger partial charge in [-0.05, 0) is 18.4 Å². The van der Waals surface area contributed by atoms with Crippen molar-refractivity contribution < 1.29 is 9.59 Å². The molecule has 0 bridgehead atoms. The van der Waals surface area contributed by atoms with Gasteiger partial charge in [-0.2, -0.15) is 0 Å². The topological polar surface area (TPSA) is 98.0 Å². The van der Waals surface area contributed by atoms with Gasteiger partial charge in [-0.25, -0.2) is 14.8 Å². The molecule has 0 saturated carbocycles. The molecule has 0 radical (unpaired) electrons. The van der Waals surface area contributed by atoms with Crippen LogP contribution in [0.25, 0.3) is 10.2 Å². The summed E-state index contributed by atoms with van der Waals surface area (Å²) >= 11 is 2.77. The molecule has 0 unspecified atom stereocenters. The predicted octanol–water partition coefficient (Wildman–Crippen LogP) is 1.37. The Morgan fingerprint density at radius 3 is 3.00 bits per heavy atom. The highest BCUT2D eigenvalue weighted by Gasteiger charge is 2.18. The summed E-state index contributed by atoms with van der Waals surface area (Å²) in [6.07, 6.45) is 1.46. The van der Waals surface area contributed by atoms with Gasteiger partial charge in [0.15, 0.2) is 0 Å². The van der Waals surface area contributed by atoms with E-state index in [2.05, 4.69) is 9.97 Å². The molecule has 6 nitrogen and oxygen atoms in total. The molecule has 0 saturated heterocycles. The average molecular weight is 282 g/mol. The smallest absolute Gasteiger partial charge is 0.318 e. The molecule has 2 rings (SSSR count). The second-order valence-electron chi connectivity index (χ2n) is 3.43. The van der Waals surface area contributed by atoms with Crippen LogP contribution < -0.4 is 11.1 Å². The SMILES string of the molecule is C[C@@H](Sc1ncnc2sccc12)C(=O)NC(N)=O. The molecule has 2 aromatic heterocycles. The van der Waals surface area contributed by atoms with Crippen LogP contribution >= 0.6 is 23.1 Å². The third-order valence-electron chi connectivity index (χ3n) is 2.13. The molecule has 8 heteroatoms. The number of imide groups is 1. The van der Waals surface area contributed by atoms with Crippen LogP contribution in [-0.2, 0) is 4.79 Å². The first-order valence-electron chi connectivity index (χ1n) is 5.03. The van der Waals surface area contributed by atoms with Crippen molar-refractivity contribution in [2.75, 3.05) is 0 Å². The number of carbonyl (C=O) groups excluding carboxylic acids is 2. The van der Waals surface area contributed by atoms with Gasteiger partial charge in [0, 0.05) is 5.39 Å². The number of nitrogens with two attached hydrogens (primary N) is 1. The summed E-state index contributed by atoms with van der Waals surface area (Å²) in [6.45, 7) is 1.68. The average Bonchev–Trinajstić information content (AvgIpc) is 2.77. The normalized spacial score (nSPS) is 12.3. The fourth-order valence-corrected chi connectivity index (χ4v) is 3.00. The van der Waals surface area contributed by atoms with Gasteiger partial charge in [0.25, 0.3) is 0 Å². The number of primary amides is 1. The lowest BCUT2D eigenvalue weighted by atomic mass is 10.4. The summed E-state index contributed by atoms with van der Waals surface area (Å²) in [4.78, 5) is 31.3. The number of carbonyl (C=O) groups is 2. The minimum atomic E-state index is -0.851. The number of rotatable bonds is 3. The molecule has 0 spiro atoms. The first-order chi connectivity index (χ1) is 8.58. The van der Waals surface area contributed by atoms with E-state index in [-0.39, 0.29) is 0 Å². The Labute approximate surface area is 111 Å². The highest BCUT2D eigenvalue weighted by Crippen LogP contribution is 2.30. The molecule has 2 heterocycles. The Balaban J connectivity index is 2.16. The van der Waals surface area contributed by atoms with Crippen molar-refractivity contribution in [3.8, 4) is 0 Å². The summed E-state index contributed by atoms with van der Waals surface area (Å²) in [5.74, 6) is -0.436. The van der Waals surface area contributed by atoms with Crippen LogP contribution in [0.2, 0.25) is 0 Å². The lowest BCUT2D eigenvalue weighted by molar-refractivity contribution is -0.119. The standard InChI is InChI=1S/C10H10N4O2S2/c1-5(7(15)14-10(11)16)18-9-6-2-3-17-8(6)12-4-13-9/h2-5H,1H3,(H3,11,14,15,16)/t5-/m1/s1. The van der Waals surface area contributed by atoms with Crippen molar-refractivity contribution in [2.24, 2.45) is 5.73 Å². The Hall–Kier alpha value is -1.67. The lowest BCUT2D eigenvalue weighted by Gasteiger charge is -2.09. The monoisotopic (exact) mass is 282 g/mol. The third kappa shape index (κ3) is 2.77. The third-order valence-corrected chi connectivity index (χ3v) is 4.07. The Bertz CT molecular complexity index is 598. The molecule has 0 aliphatic heterocycles. The van der Waals surface area contributed by atoms with Crippen LogP contribution in [-0.4, -0.2) is 27.2 Å². The summed E-state index contributed by atoms with van der Waals surface area (Å²) in [5.41, 5.74) is 4.89. The molecule has 0 aliphatic carbocycles. The maximum atomic E-state index is 11.6. The fourth-order valence-electron chi connectivity index (χ4n) is 1.31. The van der Waals surface area contributed by atoms with Crippen molar-refractivity contribution in [2.45, 2.75) is 17.2 Å². The van der Waals surface area contributed by atoms with Gasteiger partial charge in [-0.3, -0.25) is 10.1 Å². The second-order valence-corrected chi connectivity index (χ2v) is 5.66. The van der Waals surface area contributed by atoms with E-state index >= 15 is 0 Å². The van der Waals surface area contributed by atoms with Crippen LogP contribution in [0.3, 0.4) is 0 Å². The molecule has 94 valence electrons. The fraction of sp³-hybridized carbons (Fsp3) is 0.200. The number of hydrogen-bond acceptors (Lipinski definition) is 6. The van der Waals surface area contributed by atoms with E-state index in [9.17, 15) is 9.59 Å². The van der Waals surface area contributed by atoms with Crippen molar-refractivity contribution in [3.05, 3.63) is 17.8 Å². The van der Waals surface area contributed by atoms with E-state index in [0.29, 0.717) is 5.03 Å². The van der Waals surface area contributed by atoms with Crippen molar-refractivity contribution >= 4 is 45.3 Å². The first kappa shape index (κ1) is 12.8. The molecule has 18 heavy (non-hydrogen) atoms. The van der Waals surface area contributed by atoms with E-state index in [0.717, 1.165) is 10.2 Å². The van der Waals surface area contributed by atoms with Gasteiger partial charge in [0.05, 0.1) is 5.25 Å². The van der Waals surface area contributed by atoms with Crippen molar-refractivity contribution in [1.82, 2.24) is 15.3 Å². The van der Waals surface area contributed by atoms with Crippen molar-refractivity contribution in [1.29, 1.82) is 0 Å². The van der Waals surface area contributed by atoms with Gasteiger partial charge in [-0.15, -0.1) is 11.3 Å². The Morgan fingerprint density at radius 2 is 2.28 bits per heavy atom. The number of hydrogen-bond donors (Lipinski definition) is 2. The number of aromatic nitrogens is 2. The van der Waals surface area contributed by atoms with Gasteiger partial charge in [0.1, 0.15) is 16.2 Å². The molecular weight excluding hydrogens is 272 g/mol. The largest absolute Gasteiger partial charge is 0.351 e. The van der Waals surface area contributed by atoms with E-state index in [1.165, 1.54) is 29.4 Å². The molecular formula is C10H10N4O2S2. The summed E-state index contributed by atoms with van der Waals surface area (Å²) in [7, 11) is 0. The van der Waals surface area contributed by atoms with E-state index < -0.39 is 17.2 Å². The molecule has 0 aliphatic rings. The zero-order chi connectivity index (χ0) is 13.1. The molecule has 1 atom stereocenters.